The van der Waals surface area contributed by atoms with Crippen LogP contribution < -0.4 is 15.3 Å². The van der Waals surface area contributed by atoms with Crippen molar-refractivity contribution >= 4 is 22.9 Å². The first-order valence-electron chi connectivity index (χ1n) is 6.95. The Morgan fingerprint density at radius 3 is 2.64 bits per heavy atom. The summed E-state index contributed by atoms with van der Waals surface area (Å²) in [5, 5.41) is 9.19. The van der Waals surface area contributed by atoms with Gasteiger partial charge >= 0.3 is 0 Å². The zero-order chi connectivity index (χ0) is 16.1. The van der Waals surface area contributed by atoms with E-state index in [0.29, 0.717) is 22.8 Å². The molecule has 0 radical (unpaired) electrons. The number of amides is 1. The molecule has 0 aliphatic rings. The number of primary amides is 1. The molecule has 0 fully saturated rings. The number of benzene rings is 1. The number of rotatable bonds is 6. The molecule has 0 bridgehead atoms. The van der Waals surface area contributed by atoms with Gasteiger partial charge in [0.25, 0.3) is 5.91 Å². The predicted molar refractivity (Wildman–Crippen MR) is 85.5 cm³/mol. The second kappa shape index (κ2) is 7.24. The number of ether oxygens (including phenoxy) is 1. The molecule has 7 heteroatoms. The predicted octanol–water partition coefficient (Wildman–Crippen LogP) is 1.58. The van der Waals surface area contributed by atoms with Crippen LogP contribution in [0.2, 0.25) is 0 Å². The smallest absolute Gasteiger partial charge is 0.260 e. The van der Waals surface area contributed by atoms with Crippen molar-refractivity contribution in [2.45, 2.75) is 20.4 Å². The quantitative estimate of drug-likeness (QED) is 0.846. The number of aliphatic hydroxyl groups excluding tert-OH is 1. The van der Waals surface area contributed by atoms with E-state index in [0.717, 1.165) is 17.1 Å². The van der Waals surface area contributed by atoms with Crippen LogP contribution in [0.25, 0.3) is 0 Å². The minimum atomic E-state index is -0.484. The molecule has 6 nitrogen and oxygen atoms in total. The Morgan fingerprint density at radius 1 is 1.41 bits per heavy atom. The van der Waals surface area contributed by atoms with Crippen molar-refractivity contribution in [2.24, 2.45) is 10.7 Å². The Bertz CT molecular complexity index is 717. The van der Waals surface area contributed by atoms with Crippen LogP contribution >= 0.6 is 11.3 Å². The summed E-state index contributed by atoms with van der Waals surface area (Å²) in [6, 6.07) is 7.36. The fraction of sp³-hybridized carbons (Fsp3) is 0.333. The third-order valence-electron chi connectivity index (χ3n) is 3.08. The molecule has 118 valence electrons. The van der Waals surface area contributed by atoms with Crippen LogP contribution in [-0.4, -0.2) is 28.8 Å². The van der Waals surface area contributed by atoms with Crippen molar-refractivity contribution in [2.75, 3.05) is 13.2 Å². The lowest BCUT2D eigenvalue weighted by Crippen LogP contribution is -2.18. The molecule has 1 aromatic heterocycles. The molecular weight excluding hydrogens is 302 g/mol. The molecule has 0 saturated heterocycles. The van der Waals surface area contributed by atoms with Gasteiger partial charge in [0.15, 0.2) is 4.80 Å². The summed E-state index contributed by atoms with van der Waals surface area (Å²) in [7, 11) is 0. The largest absolute Gasteiger partial charge is 0.494 e. The molecule has 2 aromatic rings. The van der Waals surface area contributed by atoms with Gasteiger partial charge in [0.05, 0.1) is 18.9 Å². The molecule has 0 saturated carbocycles. The van der Waals surface area contributed by atoms with Crippen LogP contribution in [0.4, 0.5) is 5.69 Å². The number of hydrogen-bond acceptors (Lipinski definition) is 5. The second-order valence-electron chi connectivity index (χ2n) is 4.58. The Morgan fingerprint density at radius 2 is 2.09 bits per heavy atom. The maximum absolute atomic E-state index is 11.5. The summed E-state index contributed by atoms with van der Waals surface area (Å²) in [6.07, 6.45) is 0. The SMILES string of the molecule is CCOc1ccc(/N=c2/sc(C(N)=O)c(C)n2CCO)cc1. The first kappa shape index (κ1) is 16.3. The van der Waals surface area contributed by atoms with Crippen LogP contribution in [0.1, 0.15) is 22.3 Å². The lowest BCUT2D eigenvalue weighted by atomic mass is 10.3. The van der Waals surface area contributed by atoms with E-state index < -0.39 is 5.91 Å². The van der Waals surface area contributed by atoms with Gasteiger partial charge in [0.2, 0.25) is 0 Å². The van der Waals surface area contributed by atoms with Crippen LogP contribution in [0.15, 0.2) is 29.3 Å². The second-order valence-corrected chi connectivity index (χ2v) is 5.55. The molecular formula is C15H19N3O3S. The maximum atomic E-state index is 11.5. The summed E-state index contributed by atoms with van der Waals surface area (Å²) in [5.74, 6) is 0.298. The highest BCUT2D eigenvalue weighted by molar-refractivity contribution is 7.11. The Kier molecular flexibility index (Phi) is 5.35. The van der Waals surface area contributed by atoms with Gasteiger partial charge in [-0.2, -0.15) is 0 Å². The minimum absolute atomic E-state index is 0.0355. The fourth-order valence-electron chi connectivity index (χ4n) is 2.06. The molecule has 0 aliphatic carbocycles. The minimum Gasteiger partial charge on any atom is -0.494 e. The average Bonchev–Trinajstić information content (AvgIpc) is 2.79. The third-order valence-corrected chi connectivity index (χ3v) is 4.27. The Labute approximate surface area is 132 Å². The molecule has 1 aromatic carbocycles. The summed E-state index contributed by atoms with van der Waals surface area (Å²) in [5.41, 5.74) is 6.84. The van der Waals surface area contributed by atoms with Gasteiger partial charge in [-0.25, -0.2) is 4.99 Å². The van der Waals surface area contributed by atoms with Crippen LogP contribution in [0.5, 0.6) is 5.75 Å². The highest BCUT2D eigenvalue weighted by Crippen LogP contribution is 2.18. The lowest BCUT2D eigenvalue weighted by Gasteiger charge is -2.04. The van der Waals surface area contributed by atoms with Gasteiger partial charge in [-0.15, -0.1) is 0 Å². The first-order valence-corrected chi connectivity index (χ1v) is 7.77. The van der Waals surface area contributed by atoms with E-state index in [4.69, 9.17) is 10.5 Å². The van der Waals surface area contributed by atoms with E-state index in [9.17, 15) is 9.90 Å². The number of aliphatic hydroxyl groups is 1. The molecule has 0 atom stereocenters. The van der Waals surface area contributed by atoms with Gasteiger partial charge in [0, 0.05) is 12.2 Å². The van der Waals surface area contributed by atoms with Crippen molar-refractivity contribution in [1.82, 2.24) is 4.57 Å². The molecule has 1 heterocycles. The monoisotopic (exact) mass is 321 g/mol. The van der Waals surface area contributed by atoms with E-state index in [1.807, 2.05) is 31.2 Å². The molecule has 0 aliphatic heterocycles. The van der Waals surface area contributed by atoms with Crippen molar-refractivity contribution in [3.63, 3.8) is 0 Å². The average molecular weight is 321 g/mol. The van der Waals surface area contributed by atoms with Crippen LogP contribution in [-0.2, 0) is 6.54 Å². The van der Waals surface area contributed by atoms with Gasteiger partial charge < -0.3 is 20.1 Å². The van der Waals surface area contributed by atoms with E-state index in [2.05, 4.69) is 4.99 Å². The van der Waals surface area contributed by atoms with Crippen molar-refractivity contribution in [1.29, 1.82) is 0 Å². The fourth-order valence-corrected chi connectivity index (χ4v) is 3.09. The van der Waals surface area contributed by atoms with Crippen LogP contribution in [0, 0.1) is 6.92 Å². The van der Waals surface area contributed by atoms with Crippen LogP contribution in [0.3, 0.4) is 0 Å². The summed E-state index contributed by atoms with van der Waals surface area (Å²) in [4.78, 5) is 17.1. The zero-order valence-electron chi connectivity index (χ0n) is 12.6. The number of aromatic nitrogens is 1. The Balaban J connectivity index is 2.45. The molecule has 3 N–H and O–H groups in total. The highest BCUT2D eigenvalue weighted by Gasteiger charge is 2.13. The first-order chi connectivity index (χ1) is 10.6. The number of nitrogens with zero attached hydrogens (tertiary/aromatic N) is 2. The van der Waals surface area contributed by atoms with Gasteiger partial charge in [0.1, 0.15) is 10.6 Å². The normalized spacial score (nSPS) is 11.7. The van der Waals surface area contributed by atoms with E-state index in [-0.39, 0.29) is 6.61 Å². The van der Waals surface area contributed by atoms with E-state index >= 15 is 0 Å². The lowest BCUT2D eigenvalue weighted by molar-refractivity contribution is 0.100. The number of hydrogen-bond donors (Lipinski definition) is 2. The topological polar surface area (TPSA) is 89.8 Å². The molecule has 22 heavy (non-hydrogen) atoms. The molecule has 0 unspecified atom stereocenters. The van der Waals surface area contributed by atoms with Gasteiger partial charge in [-0.3, -0.25) is 4.79 Å². The zero-order valence-corrected chi connectivity index (χ0v) is 13.4. The third kappa shape index (κ3) is 3.55. The van der Waals surface area contributed by atoms with Gasteiger partial charge in [-0.1, -0.05) is 11.3 Å². The number of carbonyl (C=O) groups is 1. The van der Waals surface area contributed by atoms with E-state index in [1.54, 1.807) is 11.5 Å². The van der Waals surface area contributed by atoms with Crippen molar-refractivity contribution in [3.05, 3.63) is 39.6 Å². The Hall–Kier alpha value is -2.12. The molecule has 2 rings (SSSR count). The number of thiazole rings is 1. The molecule has 1 amide bonds. The summed E-state index contributed by atoms with van der Waals surface area (Å²) >= 11 is 1.22. The number of nitrogens with two attached hydrogens (primary N) is 1. The highest BCUT2D eigenvalue weighted by atomic mass is 32.1. The van der Waals surface area contributed by atoms with Crippen molar-refractivity contribution < 1.29 is 14.6 Å². The van der Waals surface area contributed by atoms with E-state index in [1.165, 1.54) is 11.3 Å². The van der Waals surface area contributed by atoms with Gasteiger partial charge in [-0.05, 0) is 38.1 Å². The van der Waals surface area contributed by atoms with Crippen molar-refractivity contribution in [3.8, 4) is 5.75 Å². The standard InChI is InChI=1S/C15H19N3O3S/c1-3-21-12-6-4-11(5-7-12)17-15-18(8-9-19)10(2)13(22-15)14(16)20/h4-7,19H,3,8-9H2,1-2H3,(H2,16,20)/b17-15+. The maximum Gasteiger partial charge on any atom is 0.260 e. The summed E-state index contributed by atoms with van der Waals surface area (Å²) < 4.78 is 7.18. The number of carbonyl (C=O) groups excluding carboxylic acids is 1. The summed E-state index contributed by atoms with van der Waals surface area (Å²) in [6.45, 7) is 4.66. The molecule has 0 spiro atoms.